The number of aryl methyl sites for hydroxylation is 1. The molecule has 3 aromatic heterocycles. The molecule has 28 heavy (non-hydrogen) atoms. The summed E-state index contributed by atoms with van der Waals surface area (Å²) in [6.45, 7) is 2.03. The highest BCUT2D eigenvalue weighted by Crippen LogP contribution is 2.41. The predicted molar refractivity (Wildman–Crippen MR) is 107 cm³/mol. The molecule has 0 aliphatic carbocycles. The summed E-state index contributed by atoms with van der Waals surface area (Å²) >= 11 is 1.33. The molecule has 1 aliphatic rings. The molecule has 1 atom stereocenters. The van der Waals surface area contributed by atoms with Gasteiger partial charge in [-0.15, -0.1) is 11.3 Å². The molecule has 138 valence electrons. The van der Waals surface area contributed by atoms with Gasteiger partial charge >= 0.3 is 0 Å². The van der Waals surface area contributed by atoms with Gasteiger partial charge in [-0.05, 0) is 36.2 Å². The molecule has 0 saturated carbocycles. The largest absolute Gasteiger partial charge is 0.450 e. The van der Waals surface area contributed by atoms with Crippen molar-refractivity contribution in [3.63, 3.8) is 0 Å². The van der Waals surface area contributed by atoms with Crippen LogP contribution in [0.25, 0.3) is 11.0 Å². The van der Waals surface area contributed by atoms with Crippen molar-refractivity contribution in [2.75, 3.05) is 4.90 Å². The standard InChI is InChI=1S/C21H15N3O3S/c1-2-12-6-7-15-13(11-12)18(25)16-17(14-5-3-4-8-22-14)24(20(26)19(16)27-15)21-23-9-10-28-21/h3-11,17H,2H2,1H3. The summed E-state index contributed by atoms with van der Waals surface area (Å²) < 4.78 is 5.93. The Labute approximate surface area is 164 Å². The number of rotatable bonds is 3. The zero-order chi connectivity index (χ0) is 19.3. The third kappa shape index (κ3) is 2.40. The number of carbonyl (C=O) groups is 1. The third-order valence-corrected chi connectivity index (χ3v) is 5.71. The molecule has 1 unspecified atom stereocenters. The molecule has 1 aromatic carbocycles. The molecule has 1 aliphatic heterocycles. The first-order chi connectivity index (χ1) is 13.7. The van der Waals surface area contributed by atoms with E-state index >= 15 is 0 Å². The highest BCUT2D eigenvalue weighted by molar-refractivity contribution is 7.13. The fraction of sp³-hybridized carbons (Fsp3) is 0.143. The first kappa shape index (κ1) is 16.8. The topological polar surface area (TPSA) is 76.3 Å². The summed E-state index contributed by atoms with van der Waals surface area (Å²) in [6.07, 6.45) is 4.08. The first-order valence-corrected chi connectivity index (χ1v) is 9.80. The molecule has 5 rings (SSSR count). The smallest absolute Gasteiger partial charge is 0.297 e. The van der Waals surface area contributed by atoms with Gasteiger partial charge in [0, 0.05) is 17.8 Å². The normalized spacial score (nSPS) is 16.0. The molecule has 4 aromatic rings. The van der Waals surface area contributed by atoms with E-state index in [0.717, 1.165) is 12.0 Å². The van der Waals surface area contributed by atoms with E-state index in [1.54, 1.807) is 36.0 Å². The Balaban J connectivity index is 1.83. The van der Waals surface area contributed by atoms with E-state index < -0.39 is 6.04 Å². The zero-order valence-electron chi connectivity index (χ0n) is 15.0. The van der Waals surface area contributed by atoms with Crippen LogP contribution < -0.4 is 10.3 Å². The number of aromatic nitrogens is 2. The van der Waals surface area contributed by atoms with Gasteiger partial charge in [-0.25, -0.2) is 4.98 Å². The van der Waals surface area contributed by atoms with E-state index in [0.29, 0.717) is 27.4 Å². The summed E-state index contributed by atoms with van der Waals surface area (Å²) in [5.41, 5.74) is 2.17. The van der Waals surface area contributed by atoms with Crippen molar-refractivity contribution in [2.24, 2.45) is 0 Å². The lowest BCUT2D eigenvalue weighted by Gasteiger charge is -2.21. The van der Waals surface area contributed by atoms with Crippen LogP contribution in [0.15, 0.2) is 63.4 Å². The van der Waals surface area contributed by atoms with Crippen molar-refractivity contribution < 1.29 is 9.21 Å². The number of hydrogen-bond donors (Lipinski definition) is 0. The summed E-state index contributed by atoms with van der Waals surface area (Å²) in [4.78, 5) is 36.9. The molecule has 0 N–H and O–H groups in total. The van der Waals surface area contributed by atoms with E-state index in [1.165, 1.54) is 16.2 Å². The second-order valence-corrected chi connectivity index (χ2v) is 7.38. The van der Waals surface area contributed by atoms with Crippen LogP contribution in [0.5, 0.6) is 0 Å². The fourth-order valence-electron chi connectivity index (χ4n) is 3.59. The molecule has 0 bridgehead atoms. The van der Waals surface area contributed by atoms with E-state index in [2.05, 4.69) is 9.97 Å². The van der Waals surface area contributed by atoms with Crippen LogP contribution in [0.1, 0.15) is 40.3 Å². The minimum absolute atomic E-state index is 0.0626. The van der Waals surface area contributed by atoms with E-state index in [-0.39, 0.29) is 17.1 Å². The summed E-state index contributed by atoms with van der Waals surface area (Å²) in [7, 11) is 0. The van der Waals surface area contributed by atoms with Gasteiger partial charge in [0.2, 0.25) is 5.76 Å². The van der Waals surface area contributed by atoms with Gasteiger partial charge < -0.3 is 4.42 Å². The van der Waals surface area contributed by atoms with Gasteiger partial charge in [0.1, 0.15) is 11.6 Å². The van der Waals surface area contributed by atoms with Gasteiger partial charge in [-0.3, -0.25) is 19.5 Å². The molecular weight excluding hydrogens is 374 g/mol. The summed E-state index contributed by atoms with van der Waals surface area (Å²) in [5, 5.41) is 2.78. The van der Waals surface area contributed by atoms with Gasteiger partial charge in [-0.1, -0.05) is 19.1 Å². The van der Waals surface area contributed by atoms with Crippen LogP contribution in [0.4, 0.5) is 5.13 Å². The van der Waals surface area contributed by atoms with Crippen molar-refractivity contribution in [1.82, 2.24) is 9.97 Å². The maximum Gasteiger partial charge on any atom is 0.297 e. The lowest BCUT2D eigenvalue weighted by Crippen LogP contribution is -2.29. The Kier molecular flexibility index (Phi) is 3.84. The highest BCUT2D eigenvalue weighted by Gasteiger charge is 2.45. The fourth-order valence-corrected chi connectivity index (χ4v) is 4.26. The average molecular weight is 389 g/mol. The Bertz CT molecular complexity index is 1250. The quantitative estimate of drug-likeness (QED) is 0.530. The molecule has 6 nitrogen and oxygen atoms in total. The van der Waals surface area contributed by atoms with Gasteiger partial charge in [0.25, 0.3) is 5.91 Å². The van der Waals surface area contributed by atoms with Crippen molar-refractivity contribution in [3.8, 4) is 0 Å². The number of fused-ring (bicyclic) bond motifs is 2. The van der Waals surface area contributed by atoms with Crippen LogP contribution in [0.3, 0.4) is 0 Å². The minimum atomic E-state index is -0.666. The van der Waals surface area contributed by atoms with Crippen molar-refractivity contribution >= 4 is 33.3 Å². The van der Waals surface area contributed by atoms with E-state index in [9.17, 15) is 9.59 Å². The van der Waals surface area contributed by atoms with Crippen molar-refractivity contribution in [1.29, 1.82) is 0 Å². The number of thiazole rings is 1. The van der Waals surface area contributed by atoms with E-state index in [1.807, 2.05) is 25.1 Å². The summed E-state index contributed by atoms with van der Waals surface area (Å²) in [6, 6.07) is 10.3. The number of benzene rings is 1. The maximum absolute atomic E-state index is 13.4. The Morgan fingerprint density at radius 1 is 1.14 bits per heavy atom. The van der Waals surface area contributed by atoms with E-state index in [4.69, 9.17) is 4.42 Å². The molecular formula is C21H15N3O3S. The number of anilines is 1. The zero-order valence-corrected chi connectivity index (χ0v) is 15.8. The Morgan fingerprint density at radius 2 is 2.04 bits per heavy atom. The van der Waals surface area contributed by atoms with Crippen LogP contribution in [-0.2, 0) is 6.42 Å². The molecule has 0 fully saturated rings. The van der Waals surface area contributed by atoms with Crippen LogP contribution in [-0.4, -0.2) is 15.9 Å². The monoisotopic (exact) mass is 389 g/mol. The van der Waals surface area contributed by atoms with Crippen molar-refractivity contribution in [3.05, 3.63) is 87.0 Å². The first-order valence-electron chi connectivity index (χ1n) is 8.92. The molecule has 7 heteroatoms. The maximum atomic E-state index is 13.4. The second-order valence-electron chi connectivity index (χ2n) is 6.51. The lowest BCUT2D eigenvalue weighted by molar-refractivity contribution is 0.0970. The molecule has 4 heterocycles. The van der Waals surface area contributed by atoms with Gasteiger partial charge in [-0.2, -0.15) is 0 Å². The molecule has 0 saturated heterocycles. The highest BCUT2D eigenvalue weighted by atomic mass is 32.1. The number of nitrogens with zero attached hydrogens (tertiary/aromatic N) is 3. The molecule has 1 amide bonds. The number of carbonyl (C=O) groups excluding carboxylic acids is 1. The second kappa shape index (κ2) is 6.38. The Hall–Kier alpha value is -3.32. The average Bonchev–Trinajstić information content (AvgIpc) is 3.35. The minimum Gasteiger partial charge on any atom is -0.450 e. The summed E-state index contributed by atoms with van der Waals surface area (Å²) in [5.74, 6) is -0.313. The van der Waals surface area contributed by atoms with Crippen molar-refractivity contribution in [2.45, 2.75) is 19.4 Å². The molecule has 0 radical (unpaired) electrons. The van der Waals surface area contributed by atoms with Crippen LogP contribution in [0, 0.1) is 0 Å². The van der Waals surface area contributed by atoms with Crippen LogP contribution >= 0.6 is 11.3 Å². The number of pyridine rings is 1. The predicted octanol–water partition coefficient (Wildman–Crippen LogP) is 3.96. The SMILES string of the molecule is CCc1ccc2oc3c(c(=O)c2c1)C(c1ccccn1)N(c1nccs1)C3=O. The Morgan fingerprint density at radius 3 is 2.75 bits per heavy atom. The van der Waals surface area contributed by atoms with Gasteiger partial charge in [0.15, 0.2) is 10.6 Å². The van der Waals surface area contributed by atoms with Gasteiger partial charge in [0.05, 0.1) is 16.6 Å². The number of amides is 1. The molecule has 0 spiro atoms. The number of hydrogen-bond acceptors (Lipinski definition) is 6. The lowest BCUT2D eigenvalue weighted by atomic mass is 10.0. The van der Waals surface area contributed by atoms with Crippen LogP contribution in [0.2, 0.25) is 0 Å². The third-order valence-electron chi connectivity index (χ3n) is 4.94.